The third-order valence-electron chi connectivity index (χ3n) is 5.14. The Bertz CT molecular complexity index is 1110. The molecule has 32 heavy (non-hydrogen) atoms. The van der Waals surface area contributed by atoms with Gasteiger partial charge in [-0.3, -0.25) is 4.79 Å². The highest BCUT2D eigenvalue weighted by Crippen LogP contribution is 2.23. The molecule has 0 saturated carbocycles. The van der Waals surface area contributed by atoms with Crippen molar-refractivity contribution in [2.24, 2.45) is 0 Å². The van der Waals surface area contributed by atoms with E-state index >= 15 is 0 Å². The van der Waals surface area contributed by atoms with Crippen LogP contribution in [0.4, 0.5) is 23.7 Å². The van der Waals surface area contributed by atoms with Crippen molar-refractivity contribution in [3.8, 4) is 6.07 Å². The van der Waals surface area contributed by atoms with Gasteiger partial charge in [0.1, 0.15) is 11.9 Å². The fourth-order valence-corrected chi connectivity index (χ4v) is 3.17. The second-order valence-electron chi connectivity index (χ2n) is 7.35. The van der Waals surface area contributed by atoms with Gasteiger partial charge in [0.15, 0.2) is 5.69 Å². The summed E-state index contributed by atoms with van der Waals surface area (Å²) in [6.45, 7) is 6.09. The van der Waals surface area contributed by atoms with Gasteiger partial charge in [-0.2, -0.15) is 14.0 Å². The summed E-state index contributed by atoms with van der Waals surface area (Å²) in [6, 6.07) is 2.84. The molecule has 0 fully saturated rings. The topological polar surface area (TPSA) is 116 Å². The summed E-state index contributed by atoms with van der Waals surface area (Å²) in [6.07, 6.45) is 0.444. The van der Waals surface area contributed by atoms with Crippen molar-refractivity contribution in [2.45, 2.75) is 44.9 Å². The Morgan fingerprint density at radius 3 is 2.81 bits per heavy atom. The number of carbonyl (C=O) groups excluding carboxylic acids is 2. The average Bonchev–Trinajstić information content (AvgIpc) is 3.16. The van der Waals surface area contributed by atoms with Crippen LogP contribution < -0.4 is 10.6 Å². The van der Waals surface area contributed by atoms with Crippen molar-refractivity contribution in [1.29, 1.82) is 5.26 Å². The SMILES string of the molecule is C=CC(F)(F)[C@@H](C)NC(=O)c1nnn2c1CN(C(=O)Nc1ccc(F)c(C#N)c1)[C@@H](C)C2. The van der Waals surface area contributed by atoms with Crippen LogP contribution in [0.5, 0.6) is 0 Å². The van der Waals surface area contributed by atoms with Gasteiger partial charge in [-0.25, -0.2) is 13.9 Å². The molecule has 3 amide bonds. The number of hydrogen-bond donors (Lipinski definition) is 2. The van der Waals surface area contributed by atoms with E-state index in [0.29, 0.717) is 6.08 Å². The van der Waals surface area contributed by atoms with Crippen LogP contribution in [-0.4, -0.2) is 49.8 Å². The number of amides is 3. The highest BCUT2D eigenvalue weighted by molar-refractivity contribution is 5.94. The predicted octanol–water partition coefficient (Wildman–Crippen LogP) is 2.66. The molecule has 2 atom stereocenters. The van der Waals surface area contributed by atoms with Crippen LogP contribution in [0.2, 0.25) is 0 Å². The molecule has 1 aromatic heterocycles. The van der Waals surface area contributed by atoms with Crippen LogP contribution in [0.1, 0.15) is 35.6 Å². The minimum Gasteiger partial charge on any atom is -0.342 e. The van der Waals surface area contributed by atoms with E-state index in [-0.39, 0.29) is 41.8 Å². The molecule has 2 aromatic rings. The number of carbonyl (C=O) groups is 2. The minimum atomic E-state index is -3.32. The Hall–Kier alpha value is -3.88. The highest BCUT2D eigenvalue weighted by Gasteiger charge is 2.36. The molecule has 168 valence electrons. The van der Waals surface area contributed by atoms with E-state index in [4.69, 9.17) is 5.26 Å². The Kier molecular flexibility index (Phi) is 6.20. The van der Waals surface area contributed by atoms with E-state index in [0.717, 1.165) is 13.0 Å². The maximum atomic E-state index is 13.7. The Morgan fingerprint density at radius 1 is 1.44 bits per heavy atom. The number of anilines is 1. The van der Waals surface area contributed by atoms with Gasteiger partial charge < -0.3 is 15.5 Å². The van der Waals surface area contributed by atoms with Crippen molar-refractivity contribution in [1.82, 2.24) is 25.2 Å². The largest absolute Gasteiger partial charge is 0.342 e. The van der Waals surface area contributed by atoms with Crippen LogP contribution in [-0.2, 0) is 13.1 Å². The lowest BCUT2D eigenvalue weighted by atomic mass is 10.1. The zero-order chi connectivity index (χ0) is 23.6. The number of alkyl halides is 2. The van der Waals surface area contributed by atoms with E-state index in [9.17, 15) is 22.8 Å². The molecule has 3 rings (SSSR count). The second-order valence-corrected chi connectivity index (χ2v) is 7.35. The van der Waals surface area contributed by atoms with Gasteiger partial charge in [0, 0.05) is 5.69 Å². The Labute approximate surface area is 181 Å². The molecule has 2 N–H and O–H groups in total. The van der Waals surface area contributed by atoms with Gasteiger partial charge >= 0.3 is 6.03 Å². The summed E-state index contributed by atoms with van der Waals surface area (Å²) in [5, 5.41) is 21.4. The number of nitriles is 1. The molecule has 0 aliphatic carbocycles. The molecule has 12 heteroatoms. The number of aromatic nitrogens is 3. The first kappa shape index (κ1) is 22.8. The minimum absolute atomic E-state index is 0.0682. The molecular weight excluding hydrogens is 427 g/mol. The first-order valence-corrected chi connectivity index (χ1v) is 9.59. The first-order valence-electron chi connectivity index (χ1n) is 9.59. The fourth-order valence-electron chi connectivity index (χ4n) is 3.17. The lowest BCUT2D eigenvalue weighted by Gasteiger charge is -2.33. The smallest absolute Gasteiger partial charge is 0.322 e. The van der Waals surface area contributed by atoms with E-state index in [1.165, 1.54) is 21.7 Å². The summed E-state index contributed by atoms with van der Waals surface area (Å²) in [5.41, 5.74) is 0.105. The number of hydrogen-bond acceptors (Lipinski definition) is 5. The maximum Gasteiger partial charge on any atom is 0.322 e. The van der Waals surface area contributed by atoms with Gasteiger partial charge in [-0.1, -0.05) is 11.8 Å². The van der Waals surface area contributed by atoms with E-state index in [2.05, 4.69) is 27.5 Å². The third-order valence-corrected chi connectivity index (χ3v) is 5.14. The number of nitrogens with one attached hydrogen (secondary N) is 2. The summed E-state index contributed by atoms with van der Waals surface area (Å²) in [7, 11) is 0. The molecule has 0 radical (unpaired) electrons. The molecular formula is C20H20F3N7O2. The number of benzene rings is 1. The molecule has 0 unspecified atom stereocenters. The molecule has 0 saturated heterocycles. The van der Waals surface area contributed by atoms with Crippen LogP contribution >= 0.6 is 0 Å². The van der Waals surface area contributed by atoms with Gasteiger partial charge in [-0.05, 0) is 38.1 Å². The lowest BCUT2D eigenvalue weighted by molar-refractivity contribution is 0.0186. The van der Waals surface area contributed by atoms with Crippen molar-refractivity contribution >= 4 is 17.6 Å². The first-order chi connectivity index (χ1) is 15.1. The van der Waals surface area contributed by atoms with E-state index in [1.807, 2.05) is 0 Å². The maximum absolute atomic E-state index is 13.7. The molecule has 2 heterocycles. The third kappa shape index (κ3) is 4.41. The van der Waals surface area contributed by atoms with Gasteiger partial charge in [0.05, 0.1) is 36.4 Å². The lowest BCUT2D eigenvalue weighted by Crippen LogP contribution is -2.48. The van der Waals surface area contributed by atoms with Gasteiger partial charge in [0.25, 0.3) is 11.8 Å². The number of rotatable bonds is 5. The Balaban J connectivity index is 1.78. The average molecular weight is 447 g/mol. The van der Waals surface area contributed by atoms with E-state index in [1.54, 1.807) is 13.0 Å². The Morgan fingerprint density at radius 2 is 2.16 bits per heavy atom. The van der Waals surface area contributed by atoms with Gasteiger partial charge in [0.2, 0.25) is 0 Å². The number of halogens is 3. The van der Waals surface area contributed by atoms with Gasteiger partial charge in [-0.15, -0.1) is 5.10 Å². The summed E-state index contributed by atoms with van der Waals surface area (Å²) < 4.78 is 42.4. The van der Waals surface area contributed by atoms with Crippen molar-refractivity contribution in [3.63, 3.8) is 0 Å². The molecule has 9 nitrogen and oxygen atoms in total. The number of fused-ring (bicyclic) bond motifs is 1. The fraction of sp³-hybridized carbons (Fsp3) is 0.350. The van der Waals surface area contributed by atoms with Crippen LogP contribution in [0.15, 0.2) is 30.9 Å². The van der Waals surface area contributed by atoms with Crippen LogP contribution in [0.25, 0.3) is 0 Å². The zero-order valence-electron chi connectivity index (χ0n) is 17.3. The number of urea groups is 1. The summed E-state index contributed by atoms with van der Waals surface area (Å²) >= 11 is 0. The summed E-state index contributed by atoms with van der Waals surface area (Å²) in [4.78, 5) is 26.7. The van der Waals surface area contributed by atoms with Crippen molar-refractivity contribution < 1.29 is 22.8 Å². The monoisotopic (exact) mass is 447 g/mol. The second kappa shape index (κ2) is 8.70. The standard InChI is InChI=1S/C20H20F3N7O2/c1-4-20(22,23)12(3)25-18(31)17-16-10-29(11(2)9-30(16)28-27-17)19(32)26-14-5-6-15(21)13(7-14)8-24/h4-7,11-12H,1,9-10H2,2-3H3,(H,25,31)(H,26,32)/t11-,12+/m0/s1. The molecule has 0 spiro atoms. The molecule has 1 aliphatic rings. The highest BCUT2D eigenvalue weighted by atomic mass is 19.3. The van der Waals surface area contributed by atoms with Crippen LogP contribution in [0, 0.1) is 17.1 Å². The van der Waals surface area contributed by atoms with Crippen LogP contribution in [0.3, 0.4) is 0 Å². The molecule has 0 bridgehead atoms. The normalized spacial score (nSPS) is 16.5. The van der Waals surface area contributed by atoms with Crippen molar-refractivity contribution in [3.05, 3.63) is 53.6 Å². The predicted molar refractivity (Wildman–Crippen MR) is 107 cm³/mol. The molecule has 1 aromatic carbocycles. The summed E-state index contributed by atoms with van der Waals surface area (Å²) in [5.74, 6) is -4.88. The van der Waals surface area contributed by atoms with Crippen molar-refractivity contribution in [2.75, 3.05) is 5.32 Å². The number of nitrogens with zero attached hydrogens (tertiary/aromatic N) is 5. The van der Waals surface area contributed by atoms with E-state index < -0.39 is 29.7 Å². The quantitative estimate of drug-likeness (QED) is 0.684. The molecule has 1 aliphatic heterocycles. The zero-order valence-corrected chi connectivity index (χ0v) is 17.3.